The molecule has 0 saturated carbocycles. The van der Waals surface area contributed by atoms with E-state index < -0.39 is 0 Å². The highest BCUT2D eigenvalue weighted by Crippen LogP contribution is 2.38. The molecule has 1 heterocycles. The van der Waals surface area contributed by atoms with Gasteiger partial charge in [0.05, 0.1) is 11.2 Å². The van der Waals surface area contributed by atoms with E-state index in [1.165, 1.54) is 0 Å². The van der Waals surface area contributed by atoms with Crippen molar-refractivity contribution in [3.05, 3.63) is 48.5 Å². The molecule has 0 aliphatic carbocycles. The molecule has 3 heteroatoms. The maximum Gasteiger partial charge on any atom is 0.494 e. The lowest BCUT2D eigenvalue weighted by Crippen LogP contribution is -2.41. The topological polar surface area (TPSA) is 18.5 Å². The summed E-state index contributed by atoms with van der Waals surface area (Å²) < 4.78 is 11.8. The van der Waals surface area contributed by atoms with E-state index in [1.54, 1.807) is 6.08 Å². The molecule has 0 spiro atoms. The van der Waals surface area contributed by atoms with E-state index in [2.05, 4.69) is 13.2 Å². The molecule has 2 nitrogen and oxygen atoms in total. The monoisotopic (exact) mass is 276 g/mol. The third-order valence-corrected chi connectivity index (χ3v) is 3.46. The third kappa shape index (κ3) is 4.80. The van der Waals surface area contributed by atoms with Gasteiger partial charge in [-0.05, 0) is 40.1 Å². The highest BCUT2D eigenvalue weighted by atomic mass is 16.7. The summed E-state index contributed by atoms with van der Waals surface area (Å²) >= 11 is 0. The molecule has 0 aromatic rings. The smallest absolute Gasteiger partial charge is 0.399 e. The maximum atomic E-state index is 5.92. The Kier molecular flexibility index (Phi) is 7.25. The molecule has 1 fully saturated rings. The van der Waals surface area contributed by atoms with Crippen LogP contribution in [0.5, 0.6) is 0 Å². The number of allylic oxidation sites excluding steroid dienone is 6. The van der Waals surface area contributed by atoms with Crippen LogP contribution >= 0.6 is 0 Å². The SMILES string of the molecule is C=C/C=C/C(C)=C/C(=C)B1OC(C)(C)C(C)(C)O1.CC. The molecule has 1 rings (SSSR count). The second-order valence-electron chi connectivity index (χ2n) is 5.65. The lowest BCUT2D eigenvalue weighted by Gasteiger charge is -2.32. The average Bonchev–Trinajstić information content (AvgIpc) is 2.58. The molecular formula is C17H29BO2. The van der Waals surface area contributed by atoms with Crippen LogP contribution in [0, 0.1) is 0 Å². The van der Waals surface area contributed by atoms with Gasteiger partial charge in [0.1, 0.15) is 0 Å². The molecule has 0 aromatic heterocycles. The van der Waals surface area contributed by atoms with Crippen LogP contribution in [0.1, 0.15) is 48.5 Å². The van der Waals surface area contributed by atoms with E-state index in [9.17, 15) is 0 Å². The first-order chi connectivity index (χ1) is 9.19. The molecule has 1 aliphatic heterocycles. The van der Waals surface area contributed by atoms with Crippen molar-refractivity contribution in [3.8, 4) is 0 Å². The summed E-state index contributed by atoms with van der Waals surface area (Å²) in [5, 5.41) is 0. The summed E-state index contributed by atoms with van der Waals surface area (Å²) in [5.74, 6) is 0. The molecule has 0 unspecified atom stereocenters. The van der Waals surface area contributed by atoms with E-state index in [-0.39, 0.29) is 18.3 Å². The summed E-state index contributed by atoms with van der Waals surface area (Å²) in [6.07, 6.45) is 7.59. The van der Waals surface area contributed by atoms with Crippen molar-refractivity contribution in [2.75, 3.05) is 0 Å². The van der Waals surface area contributed by atoms with Crippen LogP contribution in [-0.2, 0) is 9.31 Å². The van der Waals surface area contributed by atoms with E-state index >= 15 is 0 Å². The Balaban J connectivity index is 0.00000172. The summed E-state index contributed by atoms with van der Waals surface area (Å²) in [6, 6.07) is 0. The first-order valence-corrected chi connectivity index (χ1v) is 7.21. The van der Waals surface area contributed by atoms with Gasteiger partial charge in [0, 0.05) is 0 Å². The van der Waals surface area contributed by atoms with Gasteiger partial charge < -0.3 is 9.31 Å². The van der Waals surface area contributed by atoms with Crippen LogP contribution in [0.15, 0.2) is 48.5 Å². The van der Waals surface area contributed by atoms with Crippen molar-refractivity contribution < 1.29 is 9.31 Å². The van der Waals surface area contributed by atoms with Crippen LogP contribution in [0.4, 0.5) is 0 Å². The summed E-state index contributed by atoms with van der Waals surface area (Å²) in [5.41, 5.74) is 1.29. The van der Waals surface area contributed by atoms with Gasteiger partial charge in [0.15, 0.2) is 0 Å². The van der Waals surface area contributed by atoms with E-state index in [0.717, 1.165) is 11.0 Å². The first kappa shape index (κ1) is 18.9. The zero-order valence-electron chi connectivity index (χ0n) is 14.1. The summed E-state index contributed by atoms with van der Waals surface area (Å²) in [7, 11) is -0.373. The Morgan fingerprint density at radius 1 is 1.05 bits per heavy atom. The number of hydrogen-bond donors (Lipinski definition) is 0. The Morgan fingerprint density at radius 2 is 1.50 bits per heavy atom. The Bertz CT molecular complexity index is 387. The van der Waals surface area contributed by atoms with Gasteiger partial charge in [-0.25, -0.2) is 0 Å². The standard InChI is InChI=1S/C15H23BO2.C2H6/c1-8-9-10-12(2)11-13(3)16-17-14(4,5)15(6,7)18-16;1-2/h8-11H,1,3H2,2,4-7H3;1-2H3/b10-9+,12-11+;. The number of hydrogen-bond acceptors (Lipinski definition) is 2. The average molecular weight is 276 g/mol. The van der Waals surface area contributed by atoms with Gasteiger partial charge in [0.2, 0.25) is 0 Å². The minimum absolute atomic E-state index is 0.320. The zero-order valence-corrected chi connectivity index (χ0v) is 14.1. The molecule has 1 saturated heterocycles. The van der Waals surface area contributed by atoms with Crippen molar-refractivity contribution >= 4 is 7.12 Å². The van der Waals surface area contributed by atoms with Gasteiger partial charge in [-0.2, -0.15) is 0 Å². The fourth-order valence-corrected chi connectivity index (χ4v) is 1.62. The van der Waals surface area contributed by atoms with Gasteiger partial charge in [-0.3, -0.25) is 0 Å². The second-order valence-corrected chi connectivity index (χ2v) is 5.65. The fourth-order valence-electron chi connectivity index (χ4n) is 1.62. The van der Waals surface area contributed by atoms with Crippen LogP contribution in [0.25, 0.3) is 0 Å². The summed E-state index contributed by atoms with van der Waals surface area (Å²) in [4.78, 5) is 0. The second kappa shape index (κ2) is 7.65. The predicted octanol–water partition coefficient (Wildman–Crippen LogP) is 4.89. The Morgan fingerprint density at radius 3 is 1.90 bits per heavy atom. The molecule has 1 aliphatic rings. The maximum absolute atomic E-state index is 5.92. The van der Waals surface area contributed by atoms with E-state index in [0.29, 0.717) is 0 Å². The third-order valence-electron chi connectivity index (χ3n) is 3.46. The van der Waals surface area contributed by atoms with Crippen molar-refractivity contribution in [3.63, 3.8) is 0 Å². The quantitative estimate of drug-likeness (QED) is 0.537. The highest BCUT2D eigenvalue weighted by Gasteiger charge is 2.51. The van der Waals surface area contributed by atoms with E-state index in [4.69, 9.17) is 9.31 Å². The lowest BCUT2D eigenvalue weighted by atomic mass is 9.78. The van der Waals surface area contributed by atoms with Gasteiger partial charge in [0.25, 0.3) is 0 Å². The van der Waals surface area contributed by atoms with E-state index in [1.807, 2.05) is 66.7 Å². The van der Waals surface area contributed by atoms with Crippen LogP contribution in [-0.4, -0.2) is 18.3 Å². The zero-order chi connectivity index (χ0) is 16.0. The molecule has 0 radical (unpaired) electrons. The molecule has 0 amide bonds. The molecule has 0 bridgehead atoms. The predicted molar refractivity (Wildman–Crippen MR) is 89.7 cm³/mol. The Labute approximate surface area is 125 Å². The van der Waals surface area contributed by atoms with Gasteiger partial charge in [-0.15, -0.1) is 0 Å². The molecule has 0 aromatic carbocycles. The van der Waals surface area contributed by atoms with Crippen LogP contribution < -0.4 is 0 Å². The highest BCUT2D eigenvalue weighted by molar-refractivity contribution is 6.55. The van der Waals surface area contributed by atoms with Crippen molar-refractivity contribution in [2.45, 2.75) is 59.7 Å². The van der Waals surface area contributed by atoms with Crippen LogP contribution in [0.3, 0.4) is 0 Å². The Hall–Kier alpha value is -1.06. The normalized spacial score (nSPS) is 20.6. The molecule has 20 heavy (non-hydrogen) atoms. The minimum Gasteiger partial charge on any atom is -0.399 e. The van der Waals surface area contributed by atoms with Crippen molar-refractivity contribution in [2.24, 2.45) is 0 Å². The van der Waals surface area contributed by atoms with Gasteiger partial charge in [-0.1, -0.05) is 56.9 Å². The fraction of sp³-hybridized carbons (Fsp3) is 0.529. The summed E-state index contributed by atoms with van der Waals surface area (Å²) in [6.45, 7) is 21.8. The van der Waals surface area contributed by atoms with Crippen molar-refractivity contribution in [1.82, 2.24) is 0 Å². The minimum atomic E-state index is -0.373. The lowest BCUT2D eigenvalue weighted by molar-refractivity contribution is 0.00578. The molecule has 112 valence electrons. The van der Waals surface area contributed by atoms with Gasteiger partial charge >= 0.3 is 7.12 Å². The van der Waals surface area contributed by atoms with Crippen molar-refractivity contribution in [1.29, 1.82) is 0 Å². The largest absolute Gasteiger partial charge is 0.494 e. The molecular weight excluding hydrogens is 247 g/mol. The molecule has 0 N–H and O–H groups in total. The first-order valence-electron chi connectivity index (χ1n) is 7.21. The molecule has 0 atom stereocenters. The van der Waals surface area contributed by atoms with Crippen LogP contribution in [0.2, 0.25) is 0 Å². The number of rotatable bonds is 4.